The minimum Gasteiger partial charge on any atom is -0.656 e. The van der Waals surface area contributed by atoms with Gasteiger partial charge in [-0.15, -0.1) is 22.1 Å². The Morgan fingerprint density at radius 3 is 0.496 bits per heavy atom. The number of aromatic nitrogens is 4. The maximum atomic E-state index is 6.65. The molecule has 5 heteroatoms. The Bertz CT molecular complexity index is 5760. The first-order valence-corrected chi connectivity index (χ1v) is 40.6. The van der Waals surface area contributed by atoms with Crippen molar-refractivity contribution in [1.29, 1.82) is 0 Å². The van der Waals surface area contributed by atoms with Crippen LogP contribution < -0.4 is 9.97 Å². The Balaban J connectivity index is 0.00000964. The van der Waals surface area contributed by atoms with Gasteiger partial charge in [0.15, 0.2) is 0 Å². The van der Waals surface area contributed by atoms with Crippen molar-refractivity contribution in [2.24, 2.45) is 0 Å². The number of nitrogens with zero attached hydrogens (tertiary/aromatic N) is 4. The summed E-state index contributed by atoms with van der Waals surface area (Å²) in [6, 6.07) is 84.9. The molecule has 12 aromatic carbocycles. The van der Waals surface area contributed by atoms with Gasteiger partial charge in [0.05, 0.1) is 22.8 Å². The Morgan fingerprint density at radius 2 is 0.345 bits per heavy atom. The van der Waals surface area contributed by atoms with Gasteiger partial charge in [-0.05, 0) is 246 Å². The first-order valence-electron chi connectivity index (χ1n) is 40.6. The summed E-state index contributed by atoms with van der Waals surface area (Å²) in [6.45, 7) is 56.6. The Labute approximate surface area is 684 Å². The minimum absolute atomic E-state index is 0. The molecule has 0 amide bonds. The van der Waals surface area contributed by atoms with E-state index >= 15 is 0 Å². The van der Waals surface area contributed by atoms with E-state index in [1.807, 2.05) is 0 Å². The van der Waals surface area contributed by atoms with E-state index in [1.54, 1.807) is 0 Å². The van der Waals surface area contributed by atoms with Crippen molar-refractivity contribution in [2.75, 3.05) is 0 Å². The van der Waals surface area contributed by atoms with Gasteiger partial charge in [-0.25, -0.2) is 9.97 Å². The molecule has 0 atom stereocenters. The molecule has 0 spiro atoms. The molecule has 14 aromatic rings. The molecular formula is C108H108N4Pd. The molecule has 3 aliphatic rings. The van der Waals surface area contributed by atoms with Crippen LogP contribution in [0, 0.1) is 0 Å². The molecule has 113 heavy (non-hydrogen) atoms. The van der Waals surface area contributed by atoms with E-state index in [1.165, 1.54) is 44.5 Å². The number of fused-ring (bicyclic) bond motifs is 4. The number of hydrogen-bond donors (Lipinski definition) is 0. The Morgan fingerprint density at radius 1 is 0.195 bits per heavy atom. The molecule has 0 saturated carbocycles. The third kappa shape index (κ3) is 13.6. The van der Waals surface area contributed by atoms with Gasteiger partial charge < -0.3 is 9.97 Å². The monoisotopic (exact) mass is 1570 g/mol. The van der Waals surface area contributed by atoms with Crippen LogP contribution >= 0.6 is 0 Å². The van der Waals surface area contributed by atoms with Crippen molar-refractivity contribution in [1.82, 2.24) is 19.9 Å². The number of rotatable bonds is 4. The van der Waals surface area contributed by atoms with Gasteiger partial charge in [-0.1, -0.05) is 336 Å². The molecule has 0 unspecified atom stereocenters. The van der Waals surface area contributed by atoms with Crippen LogP contribution in [-0.2, 0) is 63.7 Å². The van der Waals surface area contributed by atoms with Crippen LogP contribution in [0.2, 0.25) is 0 Å². The maximum Gasteiger partial charge on any atom is 2.00 e. The third-order valence-electron chi connectivity index (χ3n) is 24.2. The third-order valence-corrected chi connectivity index (χ3v) is 24.2. The quantitative estimate of drug-likeness (QED) is 0.165. The van der Waals surface area contributed by atoms with E-state index in [0.717, 1.165) is 176 Å². The van der Waals surface area contributed by atoms with Crippen molar-refractivity contribution in [3.05, 3.63) is 263 Å². The van der Waals surface area contributed by atoms with E-state index < -0.39 is 0 Å². The standard InChI is InChI=1S/C108H108N4.Pd/c1-101(2,3)73-41-69(42-74(57-73)102(4,5)6)89-93-81-49-61-33-25-27-35-63(61)51-83(81)95(109-93)90(70-43-75(103(7,8)9)58-76(44-70)104(10,11)12)97-85-53-65-37-29-31-39-67(65)55-87(85)99(111-97)92(72-47-79(107(19,20)21)60-80(48-72)108(22,23)24)100-88-56-68-40-32-30-38-66(68)54-86(88)98(112-100)91(71-45-77(105(13,14)15)59-78(46-71)106(16,17)18)96-84-52-64-36-28-26-34-62(64)50-82(84)94(89)110-96;/h25-60H,1-24H3;/q-2;+2. The summed E-state index contributed by atoms with van der Waals surface area (Å²) >= 11 is 0. The molecule has 4 nitrogen and oxygen atoms in total. The summed E-state index contributed by atoms with van der Waals surface area (Å²) in [7, 11) is 0. The van der Waals surface area contributed by atoms with Crippen LogP contribution in [-0.4, -0.2) is 9.97 Å². The summed E-state index contributed by atoms with van der Waals surface area (Å²) in [5.74, 6) is 0. The summed E-state index contributed by atoms with van der Waals surface area (Å²) in [5, 5.41) is 13.3. The number of benzene rings is 12. The average Bonchev–Trinajstić information content (AvgIpc) is 1.55. The van der Waals surface area contributed by atoms with Gasteiger partial charge in [-0.2, -0.15) is 0 Å². The molecule has 1 aliphatic carbocycles. The van der Waals surface area contributed by atoms with Crippen molar-refractivity contribution in [3.63, 3.8) is 0 Å². The van der Waals surface area contributed by atoms with Crippen molar-refractivity contribution >= 4 is 86.7 Å². The Kier molecular flexibility index (Phi) is 18.1. The molecule has 2 aromatic heterocycles. The fraction of sp³-hybridized carbons (Fsp3) is 0.296. The second kappa shape index (κ2) is 26.5. The smallest absolute Gasteiger partial charge is 0.656 e. The van der Waals surface area contributed by atoms with E-state index in [4.69, 9.17) is 19.9 Å². The van der Waals surface area contributed by atoms with Gasteiger partial charge >= 0.3 is 20.4 Å². The van der Waals surface area contributed by atoms with Gasteiger partial charge in [0.1, 0.15) is 0 Å². The van der Waals surface area contributed by atoms with Crippen LogP contribution in [0.3, 0.4) is 0 Å². The second-order valence-corrected chi connectivity index (χ2v) is 40.9. The van der Waals surface area contributed by atoms with E-state index in [-0.39, 0.29) is 63.7 Å². The van der Waals surface area contributed by atoms with Gasteiger partial charge in [0, 0.05) is 22.3 Å². The molecule has 4 heterocycles. The number of hydrogen-bond acceptors (Lipinski definition) is 2. The van der Waals surface area contributed by atoms with Crippen LogP contribution in [0.1, 0.15) is 211 Å². The molecule has 2 aliphatic heterocycles. The zero-order valence-electron chi connectivity index (χ0n) is 70.9. The van der Waals surface area contributed by atoms with Crippen molar-refractivity contribution in [2.45, 2.75) is 209 Å². The zero-order valence-corrected chi connectivity index (χ0v) is 72.4. The largest absolute Gasteiger partial charge is 2.00 e. The SMILES string of the molecule is CC(C)(C)c1cc(-c2c3nc(c(-c4cc(C(C)(C)C)cc(C(C)(C)C)c4)c4[n-]c(c(-c5cc(C(C)(C)C)cc(C(C)(C)C)c5)c5nc(c(-c6cc(C(C)(C)C)cc(C(C)(C)C)c6)c6[n-]c2c2cc7ccccc7cc62)-c2cc6ccccc6cc2-5)c2cc5ccccc5cc42)-c2cc4ccccc4cc2-3)cc(C(C)(C)C)c1.[Pd+2]. The van der Waals surface area contributed by atoms with Crippen molar-refractivity contribution < 1.29 is 20.4 Å². The fourth-order valence-electron chi connectivity index (χ4n) is 17.1. The molecule has 0 fully saturated rings. The topological polar surface area (TPSA) is 54.0 Å². The fourth-order valence-corrected chi connectivity index (χ4v) is 17.1. The summed E-state index contributed by atoms with van der Waals surface area (Å²) in [5.41, 5.74) is 27.3. The summed E-state index contributed by atoms with van der Waals surface area (Å²) in [4.78, 5) is 26.6. The molecule has 0 saturated heterocycles. The molecular weight excluding hydrogens is 1460 g/mol. The second-order valence-electron chi connectivity index (χ2n) is 40.9. The average molecular weight is 1570 g/mol. The molecule has 17 rings (SSSR count). The maximum absolute atomic E-state index is 6.65. The van der Waals surface area contributed by atoms with Gasteiger partial charge in [-0.3, -0.25) is 0 Å². The predicted octanol–water partition coefficient (Wildman–Crippen LogP) is 30.2. The normalized spacial score (nSPS) is 13.2. The predicted molar refractivity (Wildman–Crippen MR) is 484 cm³/mol. The Hall–Kier alpha value is -10.0. The minimum atomic E-state index is -0.245. The molecule has 0 N–H and O–H groups in total. The van der Waals surface area contributed by atoms with E-state index in [0.29, 0.717) is 0 Å². The summed E-state index contributed by atoms with van der Waals surface area (Å²) in [6.07, 6.45) is 0. The molecule has 8 bridgehead atoms. The van der Waals surface area contributed by atoms with Crippen LogP contribution in [0.5, 0.6) is 0 Å². The van der Waals surface area contributed by atoms with Gasteiger partial charge in [0.2, 0.25) is 0 Å². The molecule has 0 radical (unpaired) electrons. The van der Waals surface area contributed by atoms with Crippen LogP contribution in [0.4, 0.5) is 0 Å². The van der Waals surface area contributed by atoms with E-state index in [9.17, 15) is 0 Å². The van der Waals surface area contributed by atoms with E-state index in [2.05, 4.69) is 385 Å². The van der Waals surface area contributed by atoms with Crippen LogP contribution in [0.25, 0.3) is 176 Å². The van der Waals surface area contributed by atoms with Crippen molar-refractivity contribution in [3.8, 4) is 89.5 Å². The summed E-state index contributed by atoms with van der Waals surface area (Å²) < 4.78 is 0. The van der Waals surface area contributed by atoms with Gasteiger partial charge in [0.25, 0.3) is 0 Å². The van der Waals surface area contributed by atoms with Crippen LogP contribution in [0.15, 0.2) is 218 Å². The first-order chi connectivity index (χ1) is 52.5. The zero-order chi connectivity index (χ0) is 79.4. The molecule has 570 valence electrons. The first kappa shape index (κ1) is 76.9.